The number of carboxylic acid groups (broad SMARTS) is 1. The molecule has 4 heteroatoms. The monoisotopic (exact) mass is 223 g/mol. The molecule has 2 N–H and O–H groups in total. The maximum Gasteiger partial charge on any atom is 0.335 e. The molecule has 0 saturated heterocycles. The number of rotatable bonds is 5. The summed E-state index contributed by atoms with van der Waals surface area (Å²) in [4.78, 5) is 12.6. The molecule has 1 atom stereocenters. The lowest BCUT2D eigenvalue weighted by Gasteiger charge is -2.18. The topological polar surface area (TPSA) is 60.8 Å². The fourth-order valence-corrected chi connectivity index (χ4v) is 1.58. The zero-order valence-electron chi connectivity index (χ0n) is 9.55. The second-order valence-corrected chi connectivity index (χ2v) is 4.05. The highest BCUT2D eigenvalue weighted by atomic mass is 16.4. The molecule has 0 aliphatic rings. The number of aliphatic hydroxyl groups is 1. The van der Waals surface area contributed by atoms with Gasteiger partial charge in [-0.1, -0.05) is 12.1 Å². The molecule has 1 unspecified atom stereocenters. The molecule has 0 aliphatic heterocycles. The van der Waals surface area contributed by atoms with Crippen LogP contribution < -0.4 is 0 Å². The summed E-state index contributed by atoms with van der Waals surface area (Å²) < 4.78 is 0. The summed E-state index contributed by atoms with van der Waals surface area (Å²) in [5, 5.41) is 17.9. The van der Waals surface area contributed by atoms with Crippen molar-refractivity contribution in [3.63, 3.8) is 0 Å². The van der Waals surface area contributed by atoms with E-state index in [2.05, 4.69) is 0 Å². The van der Waals surface area contributed by atoms with Crippen molar-refractivity contribution in [1.29, 1.82) is 0 Å². The molecule has 0 aliphatic carbocycles. The molecular formula is C12H17NO3. The van der Waals surface area contributed by atoms with Crippen molar-refractivity contribution < 1.29 is 15.0 Å². The largest absolute Gasteiger partial charge is 0.478 e. The van der Waals surface area contributed by atoms with Gasteiger partial charge in [0.05, 0.1) is 11.7 Å². The summed E-state index contributed by atoms with van der Waals surface area (Å²) >= 11 is 0. The number of carbonyl (C=O) groups is 1. The summed E-state index contributed by atoms with van der Waals surface area (Å²) in [6.07, 6.45) is -0.358. The van der Waals surface area contributed by atoms with Crippen LogP contribution in [0, 0.1) is 0 Å². The van der Waals surface area contributed by atoms with E-state index in [1.807, 2.05) is 11.9 Å². The predicted molar refractivity (Wildman–Crippen MR) is 61.4 cm³/mol. The number of hydrogen-bond acceptors (Lipinski definition) is 3. The first-order chi connectivity index (χ1) is 7.49. The Morgan fingerprint density at radius 3 is 2.38 bits per heavy atom. The van der Waals surface area contributed by atoms with Crippen LogP contribution in [0.25, 0.3) is 0 Å². The van der Waals surface area contributed by atoms with E-state index in [-0.39, 0.29) is 6.10 Å². The number of likely N-dealkylation sites (N-methyl/N-ethyl adjacent to an activating group) is 1. The maximum atomic E-state index is 10.6. The molecule has 1 aromatic carbocycles. The highest BCUT2D eigenvalue weighted by Crippen LogP contribution is 2.07. The van der Waals surface area contributed by atoms with Crippen molar-refractivity contribution in [2.45, 2.75) is 19.6 Å². The fraction of sp³-hybridized carbons (Fsp3) is 0.417. The highest BCUT2D eigenvalue weighted by Gasteiger charge is 2.05. The minimum absolute atomic E-state index is 0.293. The summed E-state index contributed by atoms with van der Waals surface area (Å²) in [6.45, 7) is 3.04. The number of aromatic carboxylic acids is 1. The molecule has 0 radical (unpaired) electrons. The highest BCUT2D eigenvalue weighted by molar-refractivity contribution is 5.87. The average Bonchev–Trinajstić information content (AvgIpc) is 2.16. The zero-order chi connectivity index (χ0) is 12.1. The van der Waals surface area contributed by atoms with Crippen molar-refractivity contribution in [3.05, 3.63) is 35.4 Å². The van der Waals surface area contributed by atoms with E-state index in [4.69, 9.17) is 5.11 Å². The van der Waals surface area contributed by atoms with Gasteiger partial charge < -0.3 is 10.2 Å². The van der Waals surface area contributed by atoms with Crippen LogP contribution in [0.2, 0.25) is 0 Å². The molecule has 0 bridgehead atoms. The number of nitrogens with zero attached hydrogens (tertiary/aromatic N) is 1. The van der Waals surface area contributed by atoms with E-state index in [0.717, 1.165) is 5.56 Å². The predicted octanol–water partition coefficient (Wildman–Crippen LogP) is 1.20. The quantitative estimate of drug-likeness (QED) is 0.787. The summed E-state index contributed by atoms with van der Waals surface area (Å²) in [7, 11) is 1.91. The van der Waals surface area contributed by atoms with Gasteiger partial charge >= 0.3 is 5.97 Å². The van der Waals surface area contributed by atoms with Gasteiger partial charge in [-0.15, -0.1) is 0 Å². The Balaban J connectivity index is 2.58. The Bertz CT molecular complexity index is 346. The third-order valence-electron chi connectivity index (χ3n) is 2.23. The van der Waals surface area contributed by atoms with E-state index in [9.17, 15) is 9.90 Å². The van der Waals surface area contributed by atoms with Crippen LogP contribution in [-0.2, 0) is 6.54 Å². The standard InChI is InChI=1S/C12H17NO3/c1-9(14)7-13(2)8-10-3-5-11(6-4-10)12(15)16/h3-6,9,14H,7-8H2,1-2H3,(H,15,16). The van der Waals surface area contributed by atoms with E-state index in [0.29, 0.717) is 18.7 Å². The lowest BCUT2D eigenvalue weighted by Crippen LogP contribution is -2.26. The van der Waals surface area contributed by atoms with Gasteiger partial charge in [-0.3, -0.25) is 4.90 Å². The van der Waals surface area contributed by atoms with Crippen LogP contribution in [0.15, 0.2) is 24.3 Å². The van der Waals surface area contributed by atoms with Gasteiger partial charge in [-0.2, -0.15) is 0 Å². The van der Waals surface area contributed by atoms with Crippen molar-refractivity contribution in [2.75, 3.05) is 13.6 Å². The van der Waals surface area contributed by atoms with Crippen LogP contribution >= 0.6 is 0 Å². The minimum Gasteiger partial charge on any atom is -0.478 e. The van der Waals surface area contributed by atoms with Gasteiger partial charge in [0.1, 0.15) is 0 Å². The van der Waals surface area contributed by atoms with Gasteiger partial charge in [0, 0.05) is 13.1 Å². The SMILES string of the molecule is CC(O)CN(C)Cc1ccc(C(=O)O)cc1. The van der Waals surface area contributed by atoms with Gasteiger partial charge in [0.15, 0.2) is 0 Å². The second kappa shape index (κ2) is 5.63. The number of aliphatic hydroxyl groups excluding tert-OH is 1. The Hall–Kier alpha value is -1.39. The van der Waals surface area contributed by atoms with Crippen molar-refractivity contribution in [2.24, 2.45) is 0 Å². The minimum atomic E-state index is -0.913. The third kappa shape index (κ3) is 4.00. The van der Waals surface area contributed by atoms with E-state index < -0.39 is 5.97 Å². The van der Waals surface area contributed by atoms with Crippen LogP contribution in [-0.4, -0.2) is 40.8 Å². The normalized spacial score (nSPS) is 12.8. The Morgan fingerprint density at radius 2 is 1.94 bits per heavy atom. The van der Waals surface area contributed by atoms with E-state index >= 15 is 0 Å². The van der Waals surface area contributed by atoms with Crippen LogP contribution in [0.4, 0.5) is 0 Å². The Morgan fingerprint density at radius 1 is 1.38 bits per heavy atom. The molecule has 0 amide bonds. The third-order valence-corrected chi connectivity index (χ3v) is 2.23. The molecule has 0 saturated carbocycles. The van der Waals surface area contributed by atoms with Crippen LogP contribution in [0.5, 0.6) is 0 Å². The molecule has 1 rings (SSSR count). The number of carboxylic acids is 1. The average molecular weight is 223 g/mol. The van der Waals surface area contributed by atoms with Crippen LogP contribution in [0.1, 0.15) is 22.8 Å². The molecule has 88 valence electrons. The first kappa shape index (κ1) is 12.7. The number of benzene rings is 1. The van der Waals surface area contributed by atoms with Crippen LogP contribution in [0.3, 0.4) is 0 Å². The summed E-state index contributed by atoms with van der Waals surface area (Å²) in [5.74, 6) is -0.913. The molecule has 1 aromatic rings. The van der Waals surface area contributed by atoms with Crippen molar-refractivity contribution >= 4 is 5.97 Å². The molecule has 0 aromatic heterocycles. The van der Waals surface area contributed by atoms with E-state index in [1.165, 1.54) is 0 Å². The fourth-order valence-electron chi connectivity index (χ4n) is 1.58. The molecule has 4 nitrogen and oxygen atoms in total. The van der Waals surface area contributed by atoms with Gasteiger partial charge in [-0.05, 0) is 31.7 Å². The number of hydrogen-bond donors (Lipinski definition) is 2. The van der Waals surface area contributed by atoms with Gasteiger partial charge in [-0.25, -0.2) is 4.79 Å². The molecule has 0 heterocycles. The lowest BCUT2D eigenvalue weighted by atomic mass is 10.1. The van der Waals surface area contributed by atoms with Gasteiger partial charge in [0.2, 0.25) is 0 Å². The van der Waals surface area contributed by atoms with Crippen molar-refractivity contribution in [3.8, 4) is 0 Å². The van der Waals surface area contributed by atoms with E-state index in [1.54, 1.807) is 31.2 Å². The lowest BCUT2D eigenvalue weighted by molar-refractivity contribution is 0.0697. The smallest absolute Gasteiger partial charge is 0.335 e. The summed E-state index contributed by atoms with van der Waals surface area (Å²) in [5.41, 5.74) is 1.33. The maximum absolute atomic E-state index is 10.6. The Kier molecular flexibility index (Phi) is 4.46. The molecule has 16 heavy (non-hydrogen) atoms. The molecule has 0 fully saturated rings. The Labute approximate surface area is 95.1 Å². The second-order valence-electron chi connectivity index (χ2n) is 4.05. The molecule has 0 spiro atoms. The van der Waals surface area contributed by atoms with Gasteiger partial charge in [0.25, 0.3) is 0 Å². The first-order valence-corrected chi connectivity index (χ1v) is 5.18. The molecular weight excluding hydrogens is 206 g/mol. The zero-order valence-corrected chi connectivity index (χ0v) is 9.55. The summed E-state index contributed by atoms with van der Waals surface area (Å²) in [6, 6.07) is 6.77. The first-order valence-electron chi connectivity index (χ1n) is 5.18. The van der Waals surface area contributed by atoms with Crippen molar-refractivity contribution in [1.82, 2.24) is 4.90 Å².